The van der Waals surface area contributed by atoms with Gasteiger partial charge in [0.05, 0.1) is 10.6 Å². The van der Waals surface area contributed by atoms with E-state index in [0.717, 1.165) is 13.1 Å². The zero-order valence-electron chi connectivity index (χ0n) is 13.9. The lowest BCUT2D eigenvalue weighted by molar-refractivity contribution is 0.179. The first-order valence-corrected chi connectivity index (χ1v) is 10.7. The predicted octanol–water partition coefficient (Wildman–Crippen LogP) is 3.44. The van der Waals surface area contributed by atoms with Crippen LogP contribution in [0.2, 0.25) is 0 Å². The first-order chi connectivity index (χ1) is 10.6. The molecular weight excluding hydrogens is 446 g/mol. The van der Waals surface area contributed by atoms with Crippen LogP contribution >= 0.6 is 31.9 Å². The quantitative estimate of drug-likeness (QED) is 0.570. The molecule has 0 heterocycles. The largest absolute Gasteiger partial charge is 0.397 e. The number of nitrogens with two attached hydrogens (primary N) is 1. The fraction of sp³-hybridized carbons (Fsp3) is 0.600. The van der Waals surface area contributed by atoms with E-state index in [9.17, 15) is 8.42 Å². The number of hydrogen-bond acceptors (Lipinski definition) is 4. The smallest absolute Gasteiger partial charge is 0.240 e. The van der Waals surface area contributed by atoms with Gasteiger partial charge in [0.2, 0.25) is 10.0 Å². The van der Waals surface area contributed by atoms with Gasteiger partial charge in [0.25, 0.3) is 0 Å². The van der Waals surface area contributed by atoms with Crippen LogP contribution in [0.1, 0.15) is 27.7 Å². The lowest BCUT2D eigenvalue weighted by Gasteiger charge is -2.31. The van der Waals surface area contributed by atoms with E-state index in [2.05, 4.69) is 69.2 Å². The van der Waals surface area contributed by atoms with Crippen molar-refractivity contribution in [3.8, 4) is 0 Å². The Bertz CT molecular complexity index is 611. The van der Waals surface area contributed by atoms with Crippen LogP contribution in [0.15, 0.2) is 26.0 Å². The highest BCUT2D eigenvalue weighted by Crippen LogP contribution is 2.31. The Morgan fingerprint density at radius 3 is 2.09 bits per heavy atom. The van der Waals surface area contributed by atoms with Crippen LogP contribution in [0.5, 0.6) is 0 Å². The Kier molecular flexibility index (Phi) is 8.00. The number of nitrogen functional groups attached to an aromatic ring is 1. The van der Waals surface area contributed by atoms with Crippen molar-refractivity contribution < 1.29 is 8.42 Å². The zero-order valence-corrected chi connectivity index (χ0v) is 17.9. The molecule has 0 aliphatic rings. The van der Waals surface area contributed by atoms with E-state index in [1.807, 2.05) is 0 Å². The van der Waals surface area contributed by atoms with Crippen molar-refractivity contribution in [1.82, 2.24) is 9.62 Å². The third-order valence-electron chi connectivity index (χ3n) is 4.17. The standard InChI is InChI=1S/C15H25Br2N3O2S/c1-5-20(6-2)11(4)10(3)9-19-23(21,22)12-7-13(16)15(18)14(17)8-12/h7-8,10-11,19H,5-6,9,18H2,1-4H3. The molecule has 0 bridgehead atoms. The second-order valence-corrected chi connectivity index (χ2v) is 9.07. The maximum atomic E-state index is 12.5. The van der Waals surface area contributed by atoms with E-state index in [4.69, 9.17) is 5.73 Å². The van der Waals surface area contributed by atoms with Crippen LogP contribution in [-0.2, 0) is 10.0 Å². The number of anilines is 1. The number of benzene rings is 1. The van der Waals surface area contributed by atoms with E-state index in [1.54, 1.807) is 0 Å². The van der Waals surface area contributed by atoms with Crippen molar-refractivity contribution in [2.75, 3.05) is 25.4 Å². The van der Waals surface area contributed by atoms with Crippen molar-refractivity contribution in [3.05, 3.63) is 21.1 Å². The number of nitrogens with zero attached hydrogens (tertiary/aromatic N) is 1. The van der Waals surface area contributed by atoms with E-state index in [-0.39, 0.29) is 10.8 Å². The van der Waals surface area contributed by atoms with Gasteiger partial charge in [-0.25, -0.2) is 13.1 Å². The van der Waals surface area contributed by atoms with Gasteiger partial charge in [0.15, 0.2) is 0 Å². The van der Waals surface area contributed by atoms with Crippen LogP contribution in [-0.4, -0.2) is 39.0 Å². The van der Waals surface area contributed by atoms with Gasteiger partial charge in [-0.15, -0.1) is 0 Å². The molecule has 1 aromatic rings. The molecule has 2 atom stereocenters. The molecule has 0 fully saturated rings. The topological polar surface area (TPSA) is 75.4 Å². The third kappa shape index (κ3) is 5.42. The van der Waals surface area contributed by atoms with Crippen molar-refractivity contribution in [3.63, 3.8) is 0 Å². The van der Waals surface area contributed by atoms with E-state index in [0.29, 0.717) is 27.2 Å². The normalized spacial score (nSPS) is 14.9. The summed E-state index contributed by atoms with van der Waals surface area (Å²) in [5, 5.41) is 0. The summed E-state index contributed by atoms with van der Waals surface area (Å²) in [6.45, 7) is 10.7. The van der Waals surface area contributed by atoms with Gasteiger partial charge in [-0.2, -0.15) is 0 Å². The molecule has 2 unspecified atom stereocenters. The maximum absolute atomic E-state index is 12.5. The first-order valence-electron chi connectivity index (χ1n) is 7.62. The summed E-state index contributed by atoms with van der Waals surface area (Å²) in [4.78, 5) is 2.50. The third-order valence-corrected chi connectivity index (χ3v) is 6.89. The molecule has 1 aromatic carbocycles. The molecule has 0 spiro atoms. The van der Waals surface area contributed by atoms with Crippen LogP contribution in [0.25, 0.3) is 0 Å². The zero-order chi connectivity index (χ0) is 17.8. The summed E-state index contributed by atoms with van der Waals surface area (Å²) in [6.07, 6.45) is 0. The van der Waals surface area contributed by atoms with E-state index >= 15 is 0 Å². The Hall–Kier alpha value is -0.150. The predicted molar refractivity (Wildman–Crippen MR) is 103 cm³/mol. The molecule has 0 aromatic heterocycles. The van der Waals surface area contributed by atoms with E-state index < -0.39 is 10.0 Å². The lowest BCUT2D eigenvalue weighted by Crippen LogP contribution is -2.42. The van der Waals surface area contributed by atoms with Gasteiger partial charge >= 0.3 is 0 Å². The number of hydrogen-bond donors (Lipinski definition) is 2. The Morgan fingerprint density at radius 1 is 1.17 bits per heavy atom. The lowest BCUT2D eigenvalue weighted by atomic mass is 10.0. The molecule has 132 valence electrons. The average Bonchev–Trinajstić information content (AvgIpc) is 2.50. The van der Waals surface area contributed by atoms with Gasteiger partial charge in [-0.1, -0.05) is 20.8 Å². The molecule has 0 radical (unpaired) electrons. The molecule has 23 heavy (non-hydrogen) atoms. The molecule has 0 saturated heterocycles. The summed E-state index contributed by atoms with van der Waals surface area (Å²) in [7, 11) is -3.57. The molecule has 1 rings (SSSR count). The Morgan fingerprint density at radius 2 is 1.65 bits per heavy atom. The van der Waals surface area contributed by atoms with Crippen LogP contribution in [0, 0.1) is 5.92 Å². The second kappa shape index (κ2) is 8.80. The minimum Gasteiger partial charge on any atom is -0.397 e. The van der Waals surface area contributed by atoms with Crippen molar-refractivity contribution in [2.24, 2.45) is 5.92 Å². The highest BCUT2D eigenvalue weighted by Gasteiger charge is 2.22. The van der Waals surface area contributed by atoms with Crippen molar-refractivity contribution in [1.29, 1.82) is 0 Å². The molecule has 5 nitrogen and oxygen atoms in total. The van der Waals surface area contributed by atoms with Crippen LogP contribution in [0.4, 0.5) is 5.69 Å². The first kappa shape index (κ1) is 20.9. The summed E-state index contributed by atoms with van der Waals surface area (Å²) in [5.41, 5.74) is 6.28. The highest BCUT2D eigenvalue weighted by molar-refractivity contribution is 9.11. The number of halogens is 2. The number of rotatable bonds is 8. The molecule has 8 heteroatoms. The summed E-state index contributed by atoms with van der Waals surface area (Å²) >= 11 is 6.55. The molecule has 0 amide bonds. The van der Waals surface area contributed by atoms with Gasteiger partial charge in [-0.05, 0) is 69.9 Å². The van der Waals surface area contributed by atoms with Gasteiger partial charge in [-0.3, -0.25) is 0 Å². The van der Waals surface area contributed by atoms with Crippen LogP contribution in [0.3, 0.4) is 0 Å². The molecule has 0 aliphatic carbocycles. The van der Waals surface area contributed by atoms with Gasteiger partial charge in [0.1, 0.15) is 0 Å². The fourth-order valence-electron chi connectivity index (χ4n) is 2.37. The molecule has 0 saturated carbocycles. The Balaban J connectivity index is 2.84. The fourth-order valence-corrected chi connectivity index (χ4v) is 5.06. The molecule has 0 aliphatic heterocycles. The number of nitrogens with one attached hydrogen (secondary N) is 1. The van der Waals surface area contributed by atoms with Gasteiger partial charge < -0.3 is 10.6 Å². The maximum Gasteiger partial charge on any atom is 0.240 e. The minimum absolute atomic E-state index is 0.188. The second-order valence-electron chi connectivity index (χ2n) is 5.59. The van der Waals surface area contributed by atoms with Gasteiger partial charge in [0, 0.05) is 21.5 Å². The van der Waals surface area contributed by atoms with Crippen LogP contribution < -0.4 is 10.5 Å². The van der Waals surface area contributed by atoms with Crippen molar-refractivity contribution in [2.45, 2.75) is 38.6 Å². The van der Waals surface area contributed by atoms with Crippen molar-refractivity contribution >= 4 is 47.6 Å². The minimum atomic E-state index is -3.57. The molecular formula is C15H25Br2N3O2S. The summed E-state index contributed by atoms with van der Waals surface area (Å²) in [6, 6.07) is 3.33. The monoisotopic (exact) mass is 469 g/mol. The number of sulfonamides is 1. The Labute approximate surface area is 156 Å². The molecule has 3 N–H and O–H groups in total. The SMILES string of the molecule is CCN(CC)C(C)C(C)CNS(=O)(=O)c1cc(Br)c(N)c(Br)c1. The highest BCUT2D eigenvalue weighted by atomic mass is 79.9. The average molecular weight is 471 g/mol. The summed E-state index contributed by atoms with van der Waals surface area (Å²) < 4.78 is 28.8. The van der Waals surface area contributed by atoms with E-state index in [1.165, 1.54) is 12.1 Å². The summed E-state index contributed by atoms with van der Waals surface area (Å²) in [5.74, 6) is 0.199.